The summed E-state index contributed by atoms with van der Waals surface area (Å²) in [6.07, 6.45) is 5.42. The van der Waals surface area contributed by atoms with Gasteiger partial charge in [0.1, 0.15) is 10.8 Å². The van der Waals surface area contributed by atoms with Crippen LogP contribution in [-0.2, 0) is 4.74 Å². The second-order valence-corrected chi connectivity index (χ2v) is 9.29. The zero-order valence-electron chi connectivity index (χ0n) is 15.3. The van der Waals surface area contributed by atoms with Gasteiger partial charge in [0.05, 0.1) is 10.5 Å². The first kappa shape index (κ1) is 19.2. The Balaban J connectivity index is 1.52. The van der Waals surface area contributed by atoms with Crippen molar-refractivity contribution >= 4 is 40.4 Å². The number of halogens is 1. The average Bonchev–Trinajstić information content (AvgIpc) is 2.54. The van der Waals surface area contributed by atoms with Crippen LogP contribution in [0, 0.1) is 0 Å². The molecule has 3 rings (SSSR count). The van der Waals surface area contributed by atoms with Crippen molar-refractivity contribution in [2.75, 3.05) is 0 Å². The maximum atomic E-state index is 11.9. The summed E-state index contributed by atoms with van der Waals surface area (Å²) in [5, 5.41) is 5.94. The Bertz CT molecular complexity index is 786. The molecule has 0 spiro atoms. The van der Waals surface area contributed by atoms with Gasteiger partial charge in [0.25, 0.3) is 0 Å². The smallest absolute Gasteiger partial charge is 0.407 e. The minimum atomic E-state index is -0.461. The van der Waals surface area contributed by atoms with Crippen LogP contribution in [0.4, 0.5) is 4.79 Å². The lowest BCUT2D eigenvalue weighted by Crippen LogP contribution is -2.41. The van der Waals surface area contributed by atoms with Crippen LogP contribution in [0.15, 0.2) is 29.4 Å². The number of hydrogen-bond acceptors (Lipinski definition) is 5. The number of thioether (sulfide) groups is 1. The lowest BCUT2D eigenvalue weighted by Gasteiger charge is -2.29. The molecule has 1 N–H and O–H groups in total. The molecule has 26 heavy (non-hydrogen) atoms. The molecule has 0 aliphatic heterocycles. The normalized spacial score (nSPS) is 20.8. The van der Waals surface area contributed by atoms with E-state index < -0.39 is 5.60 Å². The topological polar surface area (TPSA) is 64.1 Å². The average molecular weight is 394 g/mol. The molecule has 1 aliphatic rings. The van der Waals surface area contributed by atoms with Gasteiger partial charge in [-0.1, -0.05) is 11.6 Å². The number of carbonyl (C=O) groups is 1. The van der Waals surface area contributed by atoms with Crippen LogP contribution in [0.5, 0.6) is 0 Å². The molecule has 2 aromatic rings. The highest BCUT2D eigenvalue weighted by molar-refractivity contribution is 7.99. The Kier molecular flexibility index (Phi) is 5.92. The summed E-state index contributed by atoms with van der Waals surface area (Å²) in [4.78, 5) is 20.7. The summed E-state index contributed by atoms with van der Waals surface area (Å²) in [5.41, 5.74) is 0.410. The summed E-state index contributed by atoms with van der Waals surface area (Å²) in [5.74, 6) is 0. The van der Waals surface area contributed by atoms with E-state index in [2.05, 4.69) is 15.3 Å². The fraction of sp³-hybridized carbons (Fsp3) is 0.526. The molecule has 0 bridgehead atoms. The van der Waals surface area contributed by atoms with E-state index in [0.29, 0.717) is 10.4 Å². The van der Waals surface area contributed by atoms with Gasteiger partial charge in [-0.25, -0.2) is 14.8 Å². The van der Waals surface area contributed by atoms with E-state index in [1.807, 2.05) is 32.9 Å². The molecule has 0 saturated heterocycles. The monoisotopic (exact) mass is 393 g/mol. The van der Waals surface area contributed by atoms with Crippen LogP contribution < -0.4 is 5.32 Å². The first-order valence-electron chi connectivity index (χ1n) is 8.87. The van der Waals surface area contributed by atoms with Gasteiger partial charge in [-0.2, -0.15) is 0 Å². The van der Waals surface area contributed by atoms with Crippen LogP contribution in [0.1, 0.15) is 46.5 Å². The molecule has 7 heteroatoms. The van der Waals surface area contributed by atoms with Crippen LogP contribution in [0.3, 0.4) is 0 Å². The van der Waals surface area contributed by atoms with E-state index in [4.69, 9.17) is 16.3 Å². The zero-order valence-corrected chi connectivity index (χ0v) is 16.9. The molecule has 0 unspecified atom stereocenters. The SMILES string of the molecule is CC(C)(C)OC(=O)NC1CCC(Sc2ccc3cnc(Cl)cc3n2)CC1. The van der Waals surface area contributed by atoms with E-state index >= 15 is 0 Å². The van der Waals surface area contributed by atoms with E-state index in [1.54, 1.807) is 24.0 Å². The van der Waals surface area contributed by atoms with Gasteiger partial charge in [-0.05, 0) is 58.6 Å². The molecule has 1 aliphatic carbocycles. The summed E-state index contributed by atoms with van der Waals surface area (Å²) in [6, 6.07) is 6.05. The van der Waals surface area contributed by atoms with Crippen molar-refractivity contribution in [3.63, 3.8) is 0 Å². The number of aromatic nitrogens is 2. The Labute approximate surface area is 163 Å². The second-order valence-electron chi connectivity index (χ2n) is 7.59. The largest absolute Gasteiger partial charge is 0.444 e. The number of nitrogens with one attached hydrogen (secondary N) is 1. The van der Waals surface area contributed by atoms with Crippen molar-refractivity contribution < 1.29 is 9.53 Å². The van der Waals surface area contributed by atoms with Crippen molar-refractivity contribution in [3.8, 4) is 0 Å². The van der Waals surface area contributed by atoms with Gasteiger partial charge >= 0.3 is 6.09 Å². The van der Waals surface area contributed by atoms with Crippen molar-refractivity contribution in [2.45, 2.75) is 68.4 Å². The Hall–Kier alpha value is -1.53. The molecule has 1 saturated carbocycles. The van der Waals surface area contributed by atoms with Gasteiger partial charge in [0.2, 0.25) is 0 Å². The zero-order chi connectivity index (χ0) is 18.7. The van der Waals surface area contributed by atoms with Crippen LogP contribution in [0.25, 0.3) is 10.9 Å². The number of hydrogen-bond donors (Lipinski definition) is 1. The predicted octanol–water partition coefficient (Wildman–Crippen LogP) is 5.21. The molecule has 140 valence electrons. The van der Waals surface area contributed by atoms with E-state index in [9.17, 15) is 4.79 Å². The lowest BCUT2D eigenvalue weighted by molar-refractivity contribution is 0.0493. The summed E-state index contributed by atoms with van der Waals surface area (Å²) >= 11 is 7.76. The van der Waals surface area contributed by atoms with Crippen LogP contribution in [0.2, 0.25) is 5.15 Å². The fourth-order valence-electron chi connectivity index (χ4n) is 3.01. The van der Waals surface area contributed by atoms with E-state index in [-0.39, 0.29) is 12.1 Å². The number of pyridine rings is 2. The van der Waals surface area contributed by atoms with E-state index in [1.165, 1.54) is 0 Å². The minimum Gasteiger partial charge on any atom is -0.444 e. The minimum absolute atomic E-state index is 0.191. The summed E-state index contributed by atoms with van der Waals surface area (Å²) in [7, 11) is 0. The molecule has 5 nitrogen and oxygen atoms in total. The molecule has 2 aromatic heterocycles. The molecule has 0 radical (unpaired) electrons. The fourth-order valence-corrected chi connectivity index (χ4v) is 4.31. The van der Waals surface area contributed by atoms with Gasteiger partial charge < -0.3 is 10.1 Å². The van der Waals surface area contributed by atoms with Crippen molar-refractivity contribution in [1.29, 1.82) is 0 Å². The summed E-state index contributed by atoms with van der Waals surface area (Å²) in [6.45, 7) is 5.62. The highest BCUT2D eigenvalue weighted by Crippen LogP contribution is 2.33. The summed E-state index contributed by atoms with van der Waals surface area (Å²) < 4.78 is 5.33. The highest BCUT2D eigenvalue weighted by Gasteiger charge is 2.25. The first-order chi connectivity index (χ1) is 12.3. The molecule has 1 fully saturated rings. The number of alkyl carbamates (subject to hydrolysis) is 1. The molecule has 1 amide bonds. The second kappa shape index (κ2) is 8.01. The lowest BCUT2D eigenvalue weighted by atomic mass is 9.95. The Morgan fingerprint density at radius 1 is 1.27 bits per heavy atom. The van der Waals surface area contributed by atoms with Crippen LogP contribution in [-0.4, -0.2) is 33.0 Å². The highest BCUT2D eigenvalue weighted by atomic mass is 35.5. The third-order valence-corrected chi connectivity index (χ3v) is 5.68. The maximum absolute atomic E-state index is 11.9. The molecule has 2 heterocycles. The van der Waals surface area contributed by atoms with Gasteiger partial charge in [-0.3, -0.25) is 0 Å². The molecular formula is C19H24ClN3O2S. The molecular weight excluding hydrogens is 370 g/mol. The third-order valence-electron chi connectivity index (χ3n) is 4.20. The number of ether oxygens (including phenoxy) is 1. The number of nitrogens with zero attached hydrogens (tertiary/aromatic N) is 2. The standard InChI is InChI=1S/C19H24ClN3O2S/c1-19(2,3)25-18(24)22-13-5-7-14(8-6-13)26-17-9-4-12-11-21-16(20)10-15(12)23-17/h4,9-11,13-14H,5-8H2,1-3H3,(H,22,24). The number of rotatable bonds is 3. The Morgan fingerprint density at radius 2 is 2.00 bits per heavy atom. The number of carbonyl (C=O) groups excluding carboxylic acids is 1. The third kappa shape index (κ3) is 5.48. The number of fused-ring (bicyclic) bond motifs is 1. The predicted molar refractivity (Wildman–Crippen MR) is 106 cm³/mol. The first-order valence-corrected chi connectivity index (χ1v) is 10.1. The number of amides is 1. The van der Waals surface area contributed by atoms with Crippen molar-refractivity contribution in [1.82, 2.24) is 15.3 Å². The van der Waals surface area contributed by atoms with Crippen molar-refractivity contribution in [3.05, 3.63) is 29.5 Å². The van der Waals surface area contributed by atoms with E-state index in [0.717, 1.165) is 41.6 Å². The van der Waals surface area contributed by atoms with Crippen LogP contribution >= 0.6 is 23.4 Å². The van der Waals surface area contributed by atoms with Gasteiger partial charge in [0.15, 0.2) is 0 Å². The molecule has 0 atom stereocenters. The maximum Gasteiger partial charge on any atom is 0.407 e. The Morgan fingerprint density at radius 3 is 2.69 bits per heavy atom. The van der Waals surface area contributed by atoms with Gasteiger partial charge in [-0.15, -0.1) is 11.8 Å². The quantitative estimate of drug-likeness (QED) is 0.725. The van der Waals surface area contributed by atoms with Crippen molar-refractivity contribution in [2.24, 2.45) is 0 Å². The van der Waals surface area contributed by atoms with Gasteiger partial charge in [0, 0.05) is 28.9 Å². The molecule has 0 aromatic carbocycles.